The number of halogens is 3. The molecule has 2 aromatic heterocycles. The Bertz CT molecular complexity index is 1410. The molecule has 12 heteroatoms. The second-order valence-corrected chi connectivity index (χ2v) is 8.62. The zero-order valence-electron chi connectivity index (χ0n) is 19.3. The molecule has 1 aliphatic rings. The smallest absolute Gasteiger partial charge is 0.266 e. The van der Waals surface area contributed by atoms with Crippen LogP contribution in [0.4, 0.5) is 19.0 Å². The van der Waals surface area contributed by atoms with Crippen LogP contribution in [0.5, 0.6) is 0 Å². The van der Waals surface area contributed by atoms with Crippen molar-refractivity contribution in [2.45, 2.75) is 44.8 Å². The van der Waals surface area contributed by atoms with Gasteiger partial charge in [-0.05, 0) is 25.8 Å². The van der Waals surface area contributed by atoms with Crippen LogP contribution < -0.4 is 10.9 Å². The second kappa shape index (κ2) is 9.94. The molecule has 4 rings (SSSR count). The van der Waals surface area contributed by atoms with Gasteiger partial charge in [0.25, 0.3) is 12.0 Å². The Labute approximate surface area is 203 Å². The van der Waals surface area contributed by atoms with E-state index in [4.69, 9.17) is 5.26 Å². The number of piperidine rings is 1. The van der Waals surface area contributed by atoms with Crippen LogP contribution in [0.15, 0.2) is 29.1 Å². The topological polar surface area (TPSA) is 135 Å². The number of carbonyl (C=O) groups is 1. The lowest BCUT2D eigenvalue weighted by molar-refractivity contribution is -0.134. The number of amides is 1. The maximum Gasteiger partial charge on any atom is 0.266 e. The number of nitrogens with zero attached hydrogens (tertiary/aromatic N) is 4. The van der Waals surface area contributed by atoms with E-state index in [0.717, 1.165) is 6.07 Å². The summed E-state index contributed by atoms with van der Waals surface area (Å²) in [6.45, 7) is 1.77. The van der Waals surface area contributed by atoms with Gasteiger partial charge >= 0.3 is 0 Å². The van der Waals surface area contributed by atoms with Crippen molar-refractivity contribution in [3.63, 3.8) is 0 Å². The Morgan fingerprint density at radius 1 is 1.33 bits per heavy atom. The highest BCUT2D eigenvalue weighted by atomic mass is 19.3. The number of nitrogens with one attached hydrogen (secondary N) is 2. The number of hydrogen-bond donors (Lipinski definition) is 3. The predicted molar refractivity (Wildman–Crippen MR) is 124 cm³/mol. The Kier molecular flexibility index (Phi) is 6.94. The third kappa shape index (κ3) is 4.87. The van der Waals surface area contributed by atoms with Gasteiger partial charge in [-0.15, -0.1) is 0 Å². The number of fused-ring (bicyclic) bond motifs is 1. The van der Waals surface area contributed by atoms with Crippen molar-refractivity contribution in [3.8, 4) is 6.07 Å². The number of anilines is 1. The number of aryl methyl sites for hydroxylation is 1. The summed E-state index contributed by atoms with van der Waals surface area (Å²) in [7, 11) is 0. The summed E-state index contributed by atoms with van der Waals surface area (Å²) in [6.07, 6.45) is -3.05. The summed E-state index contributed by atoms with van der Waals surface area (Å²) in [6, 6.07) is 6.99. The number of carbonyl (C=O) groups excluding carboxylic acids is 1. The summed E-state index contributed by atoms with van der Waals surface area (Å²) in [4.78, 5) is 37.5. The zero-order valence-corrected chi connectivity index (χ0v) is 19.3. The van der Waals surface area contributed by atoms with Crippen LogP contribution in [0.2, 0.25) is 0 Å². The molecular formula is C24H23F3N6O3. The van der Waals surface area contributed by atoms with Gasteiger partial charge in [0.05, 0.1) is 22.6 Å². The molecule has 0 atom stereocenters. The molecule has 3 heterocycles. The molecule has 1 saturated heterocycles. The van der Waals surface area contributed by atoms with Crippen molar-refractivity contribution in [1.29, 1.82) is 5.26 Å². The van der Waals surface area contributed by atoms with Crippen LogP contribution >= 0.6 is 0 Å². The Morgan fingerprint density at radius 2 is 2.06 bits per heavy atom. The maximum absolute atomic E-state index is 14.5. The molecule has 0 bridgehead atoms. The number of aromatic nitrogens is 3. The van der Waals surface area contributed by atoms with Crippen LogP contribution in [-0.2, 0) is 16.9 Å². The number of alkyl halides is 2. The molecule has 1 aromatic carbocycles. The lowest BCUT2D eigenvalue weighted by atomic mass is 9.84. The largest absolute Gasteiger partial charge is 0.385 e. The van der Waals surface area contributed by atoms with E-state index in [9.17, 15) is 27.9 Å². The number of rotatable bonds is 6. The van der Waals surface area contributed by atoms with Crippen LogP contribution in [0, 0.1) is 24.1 Å². The van der Waals surface area contributed by atoms with Crippen molar-refractivity contribution >= 4 is 22.8 Å². The van der Waals surface area contributed by atoms with Gasteiger partial charge in [0, 0.05) is 30.8 Å². The van der Waals surface area contributed by atoms with E-state index in [0.29, 0.717) is 11.2 Å². The van der Waals surface area contributed by atoms with Gasteiger partial charge in [0.15, 0.2) is 0 Å². The van der Waals surface area contributed by atoms with E-state index < -0.39 is 29.0 Å². The number of H-pyrrole nitrogens is 1. The maximum atomic E-state index is 14.5. The molecule has 3 N–H and O–H groups in total. The van der Waals surface area contributed by atoms with Gasteiger partial charge in [-0.1, -0.05) is 18.2 Å². The summed E-state index contributed by atoms with van der Waals surface area (Å²) in [5, 5.41) is 23.3. The summed E-state index contributed by atoms with van der Waals surface area (Å²) in [5.74, 6) is -0.831. The van der Waals surface area contributed by atoms with Crippen LogP contribution in [0.1, 0.15) is 48.2 Å². The van der Waals surface area contributed by atoms with E-state index >= 15 is 0 Å². The number of aliphatic hydroxyl groups is 1. The van der Waals surface area contributed by atoms with Crippen molar-refractivity contribution in [1.82, 2.24) is 19.9 Å². The van der Waals surface area contributed by atoms with E-state index in [2.05, 4.69) is 20.3 Å². The zero-order chi connectivity index (χ0) is 26.0. The number of aromatic amines is 1. The molecule has 0 spiro atoms. The summed E-state index contributed by atoms with van der Waals surface area (Å²) < 4.78 is 40.6. The number of likely N-dealkylation sites (tertiary alicyclic amines) is 1. The Morgan fingerprint density at radius 3 is 2.72 bits per heavy atom. The van der Waals surface area contributed by atoms with Gasteiger partial charge in [-0.2, -0.15) is 5.26 Å². The lowest BCUT2D eigenvalue weighted by Crippen LogP contribution is -2.47. The van der Waals surface area contributed by atoms with Crippen molar-refractivity contribution < 1.29 is 23.1 Å². The third-order valence-electron chi connectivity index (χ3n) is 6.29. The highest BCUT2D eigenvalue weighted by molar-refractivity contribution is 5.87. The number of benzene rings is 1. The molecule has 3 aromatic rings. The summed E-state index contributed by atoms with van der Waals surface area (Å²) in [5.41, 5.74) is -2.54. The Balaban J connectivity index is 1.65. The monoisotopic (exact) mass is 500 g/mol. The molecule has 1 fully saturated rings. The van der Waals surface area contributed by atoms with Gasteiger partial charge in [0.2, 0.25) is 5.91 Å². The SMILES string of the molecule is Cc1nc(NCc2cccc(C(F)F)c2F)c2cc(C3(O)CCN(C(=O)CC#N)CC3)c(=O)[nH]c2n1. The minimum absolute atomic E-state index is 0.00917. The fourth-order valence-corrected chi connectivity index (χ4v) is 4.34. The first-order valence-corrected chi connectivity index (χ1v) is 11.2. The normalized spacial score (nSPS) is 15.2. The number of nitriles is 1. The van der Waals surface area contributed by atoms with E-state index in [1.165, 1.54) is 23.1 Å². The molecule has 1 amide bonds. The van der Waals surface area contributed by atoms with E-state index in [-0.39, 0.29) is 67.4 Å². The molecule has 0 radical (unpaired) electrons. The highest BCUT2D eigenvalue weighted by Crippen LogP contribution is 2.33. The lowest BCUT2D eigenvalue weighted by Gasteiger charge is -2.37. The van der Waals surface area contributed by atoms with Crippen LogP contribution in [0.25, 0.3) is 11.0 Å². The Hall–Kier alpha value is -3.98. The van der Waals surface area contributed by atoms with Gasteiger partial charge in [-0.25, -0.2) is 23.1 Å². The molecule has 1 aliphatic heterocycles. The number of pyridine rings is 1. The van der Waals surface area contributed by atoms with E-state index in [1.807, 2.05) is 0 Å². The van der Waals surface area contributed by atoms with Crippen molar-refractivity contribution in [2.24, 2.45) is 0 Å². The van der Waals surface area contributed by atoms with Crippen LogP contribution in [-0.4, -0.2) is 44.0 Å². The van der Waals surface area contributed by atoms with Crippen molar-refractivity contribution in [3.05, 3.63) is 63.0 Å². The minimum atomic E-state index is -2.96. The standard InChI is InChI=1S/C24H23F3N6O3/c1-13-30-21(29-12-14-3-2-4-15(19(14)25)20(26)27)16-11-17(23(35)32-22(16)31-13)24(36)6-9-33(10-7-24)18(34)5-8-28/h2-4,11,20,36H,5-7,9-10,12H2,1H3,(H2,29,30,31,32,35). The first kappa shape index (κ1) is 25.1. The molecule has 9 nitrogen and oxygen atoms in total. The summed E-state index contributed by atoms with van der Waals surface area (Å²) >= 11 is 0. The fraction of sp³-hybridized carbons (Fsp3) is 0.375. The molecule has 36 heavy (non-hydrogen) atoms. The van der Waals surface area contributed by atoms with Gasteiger partial charge in [-0.3, -0.25) is 9.59 Å². The molecule has 0 saturated carbocycles. The molecular weight excluding hydrogens is 477 g/mol. The molecule has 188 valence electrons. The highest BCUT2D eigenvalue weighted by Gasteiger charge is 2.37. The average molecular weight is 500 g/mol. The van der Waals surface area contributed by atoms with Gasteiger partial charge in [0.1, 0.15) is 29.5 Å². The van der Waals surface area contributed by atoms with Crippen molar-refractivity contribution in [2.75, 3.05) is 18.4 Å². The third-order valence-corrected chi connectivity index (χ3v) is 6.29. The minimum Gasteiger partial charge on any atom is -0.385 e. The molecule has 0 aliphatic carbocycles. The van der Waals surface area contributed by atoms with E-state index in [1.54, 1.807) is 13.0 Å². The molecule has 0 unspecified atom stereocenters. The van der Waals surface area contributed by atoms with Crippen LogP contribution in [0.3, 0.4) is 0 Å². The quantitative estimate of drug-likeness (QED) is 0.474. The average Bonchev–Trinajstić information content (AvgIpc) is 2.83. The fourth-order valence-electron chi connectivity index (χ4n) is 4.34. The first-order chi connectivity index (χ1) is 17.1. The predicted octanol–water partition coefficient (Wildman–Crippen LogP) is 3.04. The second-order valence-electron chi connectivity index (χ2n) is 8.62. The first-order valence-electron chi connectivity index (χ1n) is 11.2. The van der Waals surface area contributed by atoms with Gasteiger partial charge < -0.3 is 20.3 Å². The number of hydrogen-bond acceptors (Lipinski definition) is 7.